The van der Waals surface area contributed by atoms with Crippen molar-refractivity contribution in [3.63, 3.8) is 0 Å². The summed E-state index contributed by atoms with van der Waals surface area (Å²) in [4.78, 5) is 16.9. The molecule has 4 aromatic rings. The van der Waals surface area contributed by atoms with Gasteiger partial charge in [0.2, 0.25) is 0 Å². The van der Waals surface area contributed by atoms with Crippen LogP contribution in [-0.2, 0) is 5.75 Å². The Balaban J connectivity index is 1.47. The molecule has 3 nitrogen and oxygen atoms in total. The SMILES string of the molecule is O=C(Nc1ccc2nc(SCc3ccccc3)sc2c1)c1ccc(F)cc1. The number of hydrogen-bond acceptors (Lipinski definition) is 4. The number of anilines is 1. The number of halogens is 1. The van der Waals surface area contributed by atoms with E-state index in [0.29, 0.717) is 11.3 Å². The van der Waals surface area contributed by atoms with E-state index in [1.54, 1.807) is 23.1 Å². The van der Waals surface area contributed by atoms with E-state index < -0.39 is 0 Å². The molecule has 0 aliphatic carbocycles. The maximum atomic E-state index is 13.0. The van der Waals surface area contributed by atoms with Gasteiger partial charge < -0.3 is 5.32 Å². The normalized spacial score (nSPS) is 10.9. The van der Waals surface area contributed by atoms with Gasteiger partial charge in [-0.3, -0.25) is 4.79 Å². The van der Waals surface area contributed by atoms with E-state index in [1.165, 1.54) is 29.8 Å². The molecule has 27 heavy (non-hydrogen) atoms. The van der Waals surface area contributed by atoms with Crippen molar-refractivity contribution < 1.29 is 9.18 Å². The number of thioether (sulfide) groups is 1. The van der Waals surface area contributed by atoms with Crippen molar-refractivity contribution in [2.24, 2.45) is 0 Å². The smallest absolute Gasteiger partial charge is 0.255 e. The molecule has 0 unspecified atom stereocenters. The number of carbonyl (C=O) groups is 1. The van der Waals surface area contributed by atoms with Crippen LogP contribution >= 0.6 is 23.1 Å². The van der Waals surface area contributed by atoms with Gasteiger partial charge in [-0.2, -0.15) is 0 Å². The molecule has 0 radical (unpaired) electrons. The molecule has 0 saturated heterocycles. The largest absolute Gasteiger partial charge is 0.322 e. The highest BCUT2D eigenvalue weighted by molar-refractivity contribution is 8.00. The third-order valence-corrected chi connectivity index (χ3v) is 6.17. The van der Waals surface area contributed by atoms with Gasteiger partial charge in [-0.1, -0.05) is 42.1 Å². The molecular weight excluding hydrogens is 379 g/mol. The summed E-state index contributed by atoms with van der Waals surface area (Å²) in [5.74, 6) is 0.241. The Bertz CT molecular complexity index is 1080. The summed E-state index contributed by atoms with van der Waals surface area (Å²) in [7, 11) is 0. The minimum atomic E-state index is -0.363. The Hall–Kier alpha value is -2.70. The van der Waals surface area contributed by atoms with Crippen molar-refractivity contribution in [2.75, 3.05) is 5.32 Å². The zero-order valence-electron chi connectivity index (χ0n) is 14.2. The molecule has 0 aliphatic rings. The fourth-order valence-corrected chi connectivity index (χ4v) is 4.63. The lowest BCUT2D eigenvalue weighted by atomic mass is 10.2. The van der Waals surface area contributed by atoms with Crippen LogP contribution in [-0.4, -0.2) is 10.9 Å². The molecule has 0 aliphatic heterocycles. The molecule has 3 aromatic carbocycles. The average Bonchev–Trinajstić information content (AvgIpc) is 3.10. The molecule has 0 atom stereocenters. The molecule has 0 fully saturated rings. The monoisotopic (exact) mass is 394 g/mol. The lowest BCUT2D eigenvalue weighted by molar-refractivity contribution is 0.102. The minimum absolute atomic E-state index is 0.266. The molecule has 4 rings (SSSR count). The van der Waals surface area contributed by atoms with Gasteiger partial charge in [0.05, 0.1) is 10.2 Å². The van der Waals surface area contributed by atoms with Crippen LogP contribution in [0.2, 0.25) is 0 Å². The van der Waals surface area contributed by atoms with Crippen LogP contribution in [0.3, 0.4) is 0 Å². The second-order valence-corrected chi connectivity index (χ2v) is 8.15. The number of amides is 1. The first-order valence-electron chi connectivity index (χ1n) is 8.32. The molecule has 1 aromatic heterocycles. The third-order valence-electron chi connectivity index (χ3n) is 3.94. The Labute approximate surface area is 164 Å². The first-order valence-corrected chi connectivity index (χ1v) is 10.1. The van der Waals surface area contributed by atoms with E-state index in [1.807, 2.05) is 36.4 Å². The maximum absolute atomic E-state index is 13.0. The summed E-state index contributed by atoms with van der Waals surface area (Å²) in [6.07, 6.45) is 0. The van der Waals surface area contributed by atoms with Crippen LogP contribution < -0.4 is 5.32 Å². The number of thiazole rings is 1. The Morgan fingerprint density at radius 3 is 2.59 bits per heavy atom. The number of fused-ring (bicyclic) bond motifs is 1. The fourth-order valence-electron chi connectivity index (χ4n) is 2.57. The molecule has 0 spiro atoms. The Morgan fingerprint density at radius 1 is 1.04 bits per heavy atom. The summed E-state index contributed by atoms with van der Waals surface area (Å²) in [5, 5.41) is 2.85. The van der Waals surface area contributed by atoms with Crippen molar-refractivity contribution in [1.29, 1.82) is 0 Å². The molecule has 1 heterocycles. The van der Waals surface area contributed by atoms with Gasteiger partial charge in [0.25, 0.3) is 5.91 Å². The van der Waals surface area contributed by atoms with Crippen LogP contribution in [0.15, 0.2) is 77.1 Å². The van der Waals surface area contributed by atoms with Crippen LogP contribution in [0, 0.1) is 5.82 Å². The number of rotatable bonds is 5. The lowest BCUT2D eigenvalue weighted by Gasteiger charge is -2.05. The summed E-state index contributed by atoms with van der Waals surface area (Å²) in [5.41, 5.74) is 3.28. The quantitative estimate of drug-likeness (QED) is 0.423. The minimum Gasteiger partial charge on any atom is -0.322 e. The number of hydrogen-bond donors (Lipinski definition) is 1. The predicted molar refractivity (Wildman–Crippen MR) is 110 cm³/mol. The zero-order valence-corrected chi connectivity index (χ0v) is 15.8. The fraction of sp³-hybridized carbons (Fsp3) is 0.0476. The van der Waals surface area contributed by atoms with Gasteiger partial charge in [0, 0.05) is 17.0 Å². The van der Waals surface area contributed by atoms with Crippen LogP contribution in [0.25, 0.3) is 10.2 Å². The zero-order chi connectivity index (χ0) is 18.6. The Morgan fingerprint density at radius 2 is 1.81 bits per heavy atom. The number of nitrogens with one attached hydrogen (secondary N) is 1. The van der Waals surface area contributed by atoms with Crippen molar-refractivity contribution in [3.8, 4) is 0 Å². The molecule has 134 valence electrons. The number of aromatic nitrogens is 1. The highest BCUT2D eigenvalue weighted by Crippen LogP contribution is 2.33. The van der Waals surface area contributed by atoms with E-state index in [0.717, 1.165) is 20.3 Å². The van der Waals surface area contributed by atoms with Gasteiger partial charge in [-0.25, -0.2) is 9.37 Å². The van der Waals surface area contributed by atoms with E-state index in [-0.39, 0.29) is 11.7 Å². The van der Waals surface area contributed by atoms with Crippen LogP contribution in [0.1, 0.15) is 15.9 Å². The summed E-state index contributed by atoms with van der Waals surface area (Å²) < 4.78 is 15.0. The molecule has 0 saturated carbocycles. The van der Waals surface area contributed by atoms with Gasteiger partial charge in [-0.05, 0) is 48.0 Å². The van der Waals surface area contributed by atoms with Gasteiger partial charge >= 0.3 is 0 Å². The Kier molecular flexibility index (Phi) is 5.18. The molecular formula is C21H15FN2OS2. The van der Waals surface area contributed by atoms with E-state index >= 15 is 0 Å². The predicted octanol–water partition coefficient (Wildman–Crippen LogP) is 5.98. The molecule has 6 heteroatoms. The first-order chi connectivity index (χ1) is 13.2. The van der Waals surface area contributed by atoms with Crippen molar-refractivity contribution in [1.82, 2.24) is 4.98 Å². The van der Waals surface area contributed by atoms with Gasteiger partial charge in [0.15, 0.2) is 4.34 Å². The van der Waals surface area contributed by atoms with Crippen LogP contribution in [0.4, 0.5) is 10.1 Å². The van der Waals surface area contributed by atoms with Crippen molar-refractivity contribution in [2.45, 2.75) is 10.1 Å². The highest BCUT2D eigenvalue weighted by Gasteiger charge is 2.09. The number of benzene rings is 3. The molecule has 0 bridgehead atoms. The standard InChI is InChI=1S/C21H15FN2OS2/c22-16-8-6-15(7-9-16)20(25)23-17-10-11-18-19(12-17)27-21(24-18)26-13-14-4-2-1-3-5-14/h1-12H,13H2,(H,23,25). The highest BCUT2D eigenvalue weighted by atomic mass is 32.2. The van der Waals surface area contributed by atoms with Crippen LogP contribution in [0.5, 0.6) is 0 Å². The van der Waals surface area contributed by atoms with Gasteiger partial charge in [-0.15, -0.1) is 11.3 Å². The van der Waals surface area contributed by atoms with Crippen molar-refractivity contribution in [3.05, 3.63) is 89.7 Å². The second-order valence-electron chi connectivity index (χ2n) is 5.90. The third kappa shape index (κ3) is 4.35. The number of nitrogens with zero attached hydrogens (tertiary/aromatic N) is 1. The van der Waals surface area contributed by atoms with E-state index in [2.05, 4.69) is 22.4 Å². The number of carbonyl (C=O) groups excluding carboxylic acids is 1. The topological polar surface area (TPSA) is 42.0 Å². The lowest BCUT2D eigenvalue weighted by Crippen LogP contribution is -2.11. The summed E-state index contributed by atoms with van der Waals surface area (Å²) >= 11 is 3.31. The van der Waals surface area contributed by atoms with Crippen molar-refractivity contribution >= 4 is 44.9 Å². The van der Waals surface area contributed by atoms with E-state index in [4.69, 9.17) is 0 Å². The summed E-state index contributed by atoms with van der Waals surface area (Å²) in [6.45, 7) is 0. The average molecular weight is 394 g/mol. The van der Waals surface area contributed by atoms with Gasteiger partial charge in [0.1, 0.15) is 5.82 Å². The molecule has 1 amide bonds. The van der Waals surface area contributed by atoms with E-state index in [9.17, 15) is 9.18 Å². The maximum Gasteiger partial charge on any atom is 0.255 e. The molecule has 1 N–H and O–H groups in total. The second kappa shape index (κ2) is 7.90. The first kappa shape index (κ1) is 17.7. The summed E-state index contributed by atoms with van der Waals surface area (Å²) in [6, 6.07) is 21.4.